The molecule has 0 aliphatic heterocycles. The summed E-state index contributed by atoms with van der Waals surface area (Å²) in [7, 11) is 0. The van der Waals surface area contributed by atoms with Crippen molar-refractivity contribution in [1.29, 1.82) is 0 Å². The van der Waals surface area contributed by atoms with Crippen LogP contribution in [-0.4, -0.2) is 28.6 Å². The lowest BCUT2D eigenvalue weighted by Gasteiger charge is -2.06. The Morgan fingerprint density at radius 1 is 1.53 bits per heavy atom. The van der Waals surface area contributed by atoms with Gasteiger partial charge in [0.15, 0.2) is 0 Å². The number of phenols is 1. The van der Waals surface area contributed by atoms with Crippen molar-refractivity contribution in [2.24, 2.45) is 10.9 Å². The van der Waals surface area contributed by atoms with Crippen molar-refractivity contribution in [2.75, 3.05) is 6.54 Å². The molecule has 17 heavy (non-hydrogen) atoms. The van der Waals surface area contributed by atoms with Gasteiger partial charge in [-0.1, -0.05) is 5.16 Å². The quantitative estimate of drug-likeness (QED) is 0.265. The number of amidine groups is 1. The first kappa shape index (κ1) is 12.8. The van der Waals surface area contributed by atoms with Gasteiger partial charge in [0, 0.05) is 19.0 Å². The zero-order valence-corrected chi connectivity index (χ0v) is 8.85. The first-order chi connectivity index (χ1) is 8.04. The number of halogens is 1. The van der Waals surface area contributed by atoms with Gasteiger partial charge in [-0.25, -0.2) is 4.39 Å². The van der Waals surface area contributed by atoms with E-state index in [1.54, 1.807) is 0 Å². The van der Waals surface area contributed by atoms with Gasteiger partial charge < -0.3 is 21.4 Å². The molecule has 0 spiro atoms. The Morgan fingerprint density at radius 3 is 2.82 bits per heavy atom. The lowest BCUT2D eigenvalue weighted by Crippen LogP contribution is -2.28. The summed E-state index contributed by atoms with van der Waals surface area (Å²) in [4.78, 5) is 11.5. The van der Waals surface area contributed by atoms with Crippen LogP contribution in [-0.2, 0) is 0 Å². The van der Waals surface area contributed by atoms with E-state index in [4.69, 9.17) is 10.9 Å². The standard InChI is InChI=1S/C10H12FN3O3/c11-6-1-2-7(8(15)5-6)10(16)13-4-3-9(12)14-17/h1-2,5,15,17H,3-4H2,(H2,12,14)(H,13,16). The molecule has 0 saturated carbocycles. The highest BCUT2D eigenvalue weighted by Gasteiger charge is 2.11. The van der Waals surface area contributed by atoms with Crippen molar-refractivity contribution in [3.8, 4) is 5.75 Å². The van der Waals surface area contributed by atoms with Gasteiger partial charge >= 0.3 is 0 Å². The number of carbonyl (C=O) groups excluding carboxylic acids is 1. The van der Waals surface area contributed by atoms with Crippen LogP contribution in [0.25, 0.3) is 0 Å². The van der Waals surface area contributed by atoms with E-state index in [-0.39, 0.29) is 24.4 Å². The number of aromatic hydroxyl groups is 1. The van der Waals surface area contributed by atoms with Crippen molar-refractivity contribution >= 4 is 11.7 Å². The minimum absolute atomic E-state index is 0.0198. The number of hydrogen-bond donors (Lipinski definition) is 4. The number of phenolic OH excluding ortho intramolecular Hbond substituents is 1. The topological polar surface area (TPSA) is 108 Å². The second kappa shape index (κ2) is 5.69. The van der Waals surface area contributed by atoms with Crippen molar-refractivity contribution in [2.45, 2.75) is 6.42 Å². The largest absolute Gasteiger partial charge is 0.507 e. The Bertz CT molecular complexity index is 448. The van der Waals surface area contributed by atoms with E-state index in [0.717, 1.165) is 12.1 Å². The predicted molar refractivity (Wildman–Crippen MR) is 58.4 cm³/mol. The summed E-state index contributed by atoms with van der Waals surface area (Å²) in [5.41, 5.74) is 5.16. The second-order valence-corrected chi connectivity index (χ2v) is 3.26. The van der Waals surface area contributed by atoms with Gasteiger partial charge in [0.25, 0.3) is 5.91 Å². The summed E-state index contributed by atoms with van der Waals surface area (Å²) in [5.74, 6) is -1.65. The Morgan fingerprint density at radius 2 is 2.24 bits per heavy atom. The van der Waals surface area contributed by atoms with Gasteiger partial charge in [0.2, 0.25) is 0 Å². The van der Waals surface area contributed by atoms with Gasteiger partial charge in [-0.2, -0.15) is 0 Å². The zero-order chi connectivity index (χ0) is 12.8. The minimum Gasteiger partial charge on any atom is -0.507 e. The van der Waals surface area contributed by atoms with Crippen LogP contribution in [0, 0.1) is 5.82 Å². The first-order valence-electron chi connectivity index (χ1n) is 4.77. The second-order valence-electron chi connectivity index (χ2n) is 3.26. The fraction of sp³-hybridized carbons (Fsp3) is 0.200. The molecule has 6 nitrogen and oxygen atoms in total. The third-order valence-electron chi connectivity index (χ3n) is 2.00. The van der Waals surface area contributed by atoms with E-state index in [1.165, 1.54) is 6.07 Å². The molecule has 0 saturated heterocycles. The zero-order valence-electron chi connectivity index (χ0n) is 8.85. The maximum Gasteiger partial charge on any atom is 0.255 e. The molecule has 1 aromatic rings. The molecule has 7 heteroatoms. The third kappa shape index (κ3) is 3.63. The predicted octanol–water partition coefficient (Wildman–Crippen LogP) is 0.398. The molecule has 0 heterocycles. The molecule has 5 N–H and O–H groups in total. The van der Waals surface area contributed by atoms with E-state index < -0.39 is 17.5 Å². The number of rotatable bonds is 4. The van der Waals surface area contributed by atoms with Crippen molar-refractivity contribution in [3.63, 3.8) is 0 Å². The maximum absolute atomic E-state index is 12.7. The lowest BCUT2D eigenvalue weighted by atomic mass is 10.2. The van der Waals surface area contributed by atoms with Crippen molar-refractivity contribution in [1.82, 2.24) is 5.32 Å². The molecule has 0 unspecified atom stereocenters. The van der Waals surface area contributed by atoms with Crippen LogP contribution in [0.5, 0.6) is 5.75 Å². The van der Waals surface area contributed by atoms with Gasteiger partial charge in [0.1, 0.15) is 17.4 Å². The summed E-state index contributed by atoms with van der Waals surface area (Å²) < 4.78 is 12.7. The van der Waals surface area contributed by atoms with Crippen LogP contribution in [0.3, 0.4) is 0 Å². The highest BCUT2D eigenvalue weighted by molar-refractivity contribution is 5.97. The van der Waals surface area contributed by atoms with E-state index >= 15 is 0 Å². The Balaban J connectivity index is 2.58. The Hall–Kier alpha value is -2.31. The number of nitrogens with zero attached hydrogens (tertiary/aromatic N) is 1. The molecule has 0 atom stereocenters. The molecule has 1 rings (SSSR count). The highest BCUT2D eigenvalue weighted by atomic mass is 19.1. The van der Waals surface area contributed by atoms with Gasteiger partial charge in [-0.05, 0) is 12.1 Å². The van der Waals surface area contributed by atoms with Crippen LogP contribution in [0.1, 0.15) is 16.8 Å². The molecule has 1 amide bonds. The summed E-state index contributed by atoms with van der Waals surface area (Å²) in [6, 6.07) is 3.08. The van der Waals surface area contributed by atoms with Crippen LogP contribution >= 0.6 is 0 Å². The average Bonchev–Trinajstić information content (AvgIpc) is 2.28. The van der Waals surface area contributed by atoms with Gasteiger partial charge in [-0.3, -0.25) is 4.79 Å². The summed E-state index contributed by atoms with van der Waals surface area (Å²) >= 11 is 0. The monoisotopic (exact) mass is 241 g/mol. The number of nitrogens with two attached hydrogens (primary N) is 1. The van der Waals surface area contributed by atoms with Crippen molar-refractivity contribution in [3.05, 3.63) is 29.6 Å². The number of nitrogens with one attached hydrogen (secondary N) is 1. The smallest absolute Gasteiger partial charge is 0.255 e. The van der Waals surface area contributed by atoms with Crippen LogP contribution in [0.2, 0.25) is 0 Å². The van der Waals surface area contributed by atoms with E-state index in [1.807, 2.05) is 0 Å². The number of carbonyl (C=O) groups is 1. The fourth-order valence-corrected chi connectivity index (χ4v) is 1.15. The van der Waals surface area contributed by atoms with Crippen LogP contribution in [0.4, 0.5) is 4.39 Å². The molecule has 0 radical (unpaired) electrons. The normalized spacial score (nSPS) is 11.2. The number of oxime groups is 1. The number of hydrogen-bond acceptors (Lipinski definition) is 4. The highest BCUT2D eigenvalue weighted by Crippen LogP contribution is 2.17. The Labute approximate surface area is 96.5 Å². The van der Waals surface area contributed by atoms with Crippen LogP contribution < -0.4 is 11.1 Å². The maximum atomic E-state index is 12.7. The molecular formula is C10H12FN3O3. The van der Waals surface area contributed by atoms with Crippen molar-refractivity contribution < 1.29 is 19.5 Å². The van der Waals surface area contributed by atoms with E-state index in [2.05, 4.69) is 10.5 Å². The number of amides is 1. The number of benzene rings is 1. The summed E-state index contributed by atoms with van der Waals surface area (Å²) in [5, 5.41) is 22.7. The molecule has 0 fully saturated rings. The Kier molecular flexibility index (Phi) is 4.27. The van der Waals surface area contributed by atoms with E-state index in [9.17, 15) is 14.3 Å². The minimum atomic E-state index is -0.629. The fourth-order valence-electron chi connectivity index (χ4n) is 1.15. The molecule has 92 valence electrons. The molecule has 0 bridgehead atoms. The lowest BCUT2D eigenvalue weighted by molar-refractivity contribution is 0.0952. The SMILES string of the molecule is N/C(CCNC(=O)c1ccc(F)cc1O)=N/O. The molecule has 1 aromatic carbocycles. The van der Waals surface area contributed by atoms with Gasteiger partial charge in [0.05, 0.1) is 5.56 Å². The molecular weight excluding hydrogens is 229 g/mol. The van der Waals surface area contributed by atoms with Crippen LogP contribution in [0.15, 0.2) is 23.4 Å². The average molecular weight is 241 g/mol. The van der Waals surface area contributed by atoms with Gasteiger partial charge in [-0.15, -0.1) is 0 Å². The molecule has 0 aliphatic rings. The van der Waals surface area contributed by atoms with E-state index in [0.29, 0.717) is 0 Å². The molecule has 0 aromatic heterocycles. The third-order valence-corrected chi connectivity index (χ3v) is 2.00. The molecule has 0 aliphatic carbocycles. The summed E-state index contributed by atoms with van der Waals surface area (Å²) in [6.45, 7) is 0.144. The first-order valence-corrected chi connectivity index (χ1v) is 4.77. The summed E-state index contributed by atoms with van der Waals surface area (Å²) in [6.07, 6.45) is 0.171.